The predicted octanol–water partition coefficient (Wildman–Crippen LogP) is 3.78. The van der Waals surface area contributed by atoms with E-state index in [-0.39, 0.29) is 18.9 Å². The molecule has 0 spiro atoms. The fourth-order valence-corrected chi connectivity index (χ4v) is 2.23. The standard InChI is InChI=1S/C17H23NO3/c1-14-8-10-17(2,11-9-14)21-13-18-16(19)20-12-15-6-4-3-5-7-15/h3-8H,9-13H2,1-2H3,(H,18,19). The summed E-state index contributed by atoms with van der Waals surface area (Å²) in [5, 5.41) is 2.63. The van der Waals surface area contributed by atoms with E-state index in [1.165, 1.54) is 5.57 Å². The molecule has 0 fully saturated rings. The summed E-state index contributed by atoms with van der Waals surface area (Å²) in [4.78, 5) is 11.6. The highest BCUT2D eigenvalue weighted by Crippen LogP contribution is 2.29. The fourth-order valence-electron chi connectivity index (χ4n) is 2.23. The second kappa shape index (κ2) is 7.27. The van der Waals surface area contributed by atoms with E-state index in [9.17, 15) is 4.79 Å². The van der Waals surface area contributed by atoms with Crippen molar-refractivity contribution in [3.8, 4) is 0 Å². The first-order chi connectivity index (χ1) is 10.1. The third-order valence-electron chi connectivity index (χ3n) is 3.78. The van der Waals surface area contributed by atoms with Crippen LogP contribution in [0, 0.1) is 0 Å². The summed E-state index contributed by atoms with van der Waals surface area (Å²) in [7, 11) is 0. The van der Waals surface area contributed by atoms with Gasteiger partial charge in [-0.1, -0.05) is 42.0 Å². The Kier molecular flexibility index (Phi) is 5.39. The maximum absolute atomic E-state index is 11.6. The molecule has 1 N–H and O–H groups in total. The van der Waals surface area contributed by atoms with Crippen LogP contribution in [-0.2, 0) is 16.1 Å². The van der Waals surface area contributed by atoms with E-state index >= 15 is 0 Å². The smallest absolute Gasteiger partial charge is 0.409 e. The van der Waals surface area contributed by atoms with Gasteiger partial charge >= 0.3 is 6.09 Å². The molecule has 0 saturated heterocycles. The van der Waals surface area contributed by atoms with E-state index in [1.807, 2.05) is 30.3 Å². The first kappa shape index (κ1) is 15.6. The molecule has 0 saturated carbocycles. The van der Waals surface area contributed by atoms with Crippen LogP contribution in [0.25, 0.3) is 0 Å². The topological polar surface area (TPSA) is 47.6 Å². The van der Waals surface area contributed by atoms with Gasteiger partial charge in [-0.2, -0.15) is 0 Å². The van der Waals surface area contributed by atoms with Crippen LogP contribution in [0.2, 0.25) is 0 Å². The second-order valence-corrected chi connectivity index (χ2v) is 5.73. The summed E-state index contributed by atoms with van der Waals surface area (Å²) in [6.45, 7) is 4.66. The number of allylic oxidation sites excluding steroid dienone is 1. The monoisotopic (exact) mass is 289 g/mol. The lowest BCUT2D eigenvalue weighted by Gasteiger charge is -2.32. The molecule has 4 nitrogen and oxygen atoms in total. The summed E-state index contributed by atoms with van der Waals surface area (Å²) in [5.41, 5.74) is 2.19. The summed E-state index contributed by atoms with van der Waals surface area (Å²) in [6.07, 6.45) is 4.67. The summed E-state index contributed by atoms with van der Waals surface area (Å²) in [6, 6.07) is 9.60. The van der Waals surface area contributed by atoms with Gasteiger partial charge in [0, 0.05) is 0 Å². The fraction of sp³-hybridized carbons (Fsp3) is 0.471. The van der Waals surface area contributed by atoms with Gasteiger partial charge in [0.25, 0.3) is 0 Å². The van der Waals surface area contributed by atoms with Gasteiger partial charge < -0.3 is 9.47 Å². The minimum atomic E-state index is -0.454. The van der Waals surface area contributed by atoms with Crippen LogP contribution < -0.4 is 5.32 Å². The highest BCUT2D eigenvalue weighted by Gasteiger charge is 2.26. The van der Waals surface area contributed by atoms with Crippen LogP contribution in [-0.4, -0.2) is 18.4 Å². The van der Waals surface area contributed by atoms with Gasteiger partial charge in [0.2, 0.25) is 0 Å². The van der Waals surface area contributed by atoms with E-state index in [1.54, 1.807) is 0 Å². The van der Waals surface area contributed by atoms with Crippen molar-refractivity contribution < 1.29 is 14.3 Å². The van der Waals surface area contributed by atoms with E-state index < -0.39 is 6.09 Å². The van der Waals surface area contributed by atoms with Gasteiger partial charge in [-0.05, 0) is 38.7 Å². The first-order valence-corrected chi connectivity index (χ1v) is 7.32. The average molecular weight is 289 g/mol. The van der Waals surface area contributed by atoms with E-state index in [0.29, 0.717) is 0 Å². The van der Waals surface area contributed by atoms with Crippen molar-refractivity contribution in [3.63, 3.8) is 0 Å². The van der Waals surface area contributed by atoms with E-state index in [2.05, 4.69) is 25.2 Å². The molecule has 21 heavy (non-hydrogen) atoms. The molecule has 114 valence electrons. The molecule has 0 radical (unpaired) electrons. The number of hydrogen-bond donors (Lipinski definition) is 1. The van der Waals surface area contributed by atoms with Crippen LogP contribution in [0.5, 0.6) is 0 Å². The molecule has 1 atom stereocenters. The minimum absolute atomic E-state index is 0.178. The normalized spacial score (nSPS) is 21.5. The molecule has 0 aromatic heterocycles. The third kappa shape index (κ3) is 5.23. The molecule has 0 heterocycles. The molecule has 1 unspecified atom stereocenters. The third-order valence-corrected chi connectivity index (χ3v) is 3.78. The molecule has 0 bridgehead atoms. The van der Waals surface area contributed by atoms with Crippen molar-refractivity contribution in [2.75, 3.05) is 6.73 Å². The van der Waals surface area contributed by atoms with Gasteiger partial charge in [0.15, 0.2) is 0 Å². The van der Waals surface area contributed by atoms with E-state index in [4.69, 9.17) is 9.47 Å². The first-order valence-electron chi connectivity index (χ1n) is 7.32. The maximum Gasteiger partial charge on any atom is 0.409 e. The average Bonchev–Trinajstić information content (AvgIpc) is 2.50. The molecular weight excluding hydrogens is 266 g/mol. The highest BCUT2D eigenvalue weighted by molar-refractivity contribution is 5.66. The van der Waals surface area contributed by atoms with Crippen molar-refractivity contribution in [1.82, 2.24) is 5.32 Å². The summed E-state index contributed by atoms with van der Waals surface area (Å²) >= 11 is 0. The minimum Gasteiger partial charge on any atom is -0.445 e. The molecule has 4 heteroatoms. The lowest BCUT2D eigenvalue weighted by Crippen LogP contribution is -2.36. The van der Waals surface area contributed by atoms with Crippen molar-refractivity contribution in [2.24, 2.45) is 0 Å². The summed E-state index contributed by atoms with van der Waals surface area (Å²) < 4.78 is 10.9. The van der Waals surface area contributed by atoms with Crippen LogP contribution in [0.15, 0.2) is 42.0 Å². The summed E-state index contributed by atoms with van der Waals surface area (Å²) in [5.74, 6) is 0. The Morgan fingerprint density at radius 1 is 1.33 bits per heavy atom. The second-order valence-electron chi connectivity index (χ2n) is 5.73. The molecule has 0 aliphatic heterocycles. The Hall–Kier alpha value is -1.81. The largest absolute Gasteiger partial charge is 0.445 e. The van der Waals surface area contributed by atoms with Crippen LogP contribution >= 0.6 is 0 Å². The van der Waals surface area contributed by atoms with Crippen molar-refractivity contribution in [1.29, 1.82) is 0 Å². The number of hydrogen-bond acceptors (Lipinski definition) is 3. The SMILES string of the molecule is CC1=CCC(C)(OCNC(=O)OCc2ccccc2)CC1. The number of alkyl carbamates (subject to hydrolysis) is 1. The van der Waals surface area contributed by atoms with Gasteiger partial charge in [-0.3, -0.25) is 5.32 Å². The lowest BCUT2D eigenvalue weighted by molar-refractivity contribution is -0.0461. The number of ether oxygens (including phenoxy) is 2. The number of amides is 1. The quantitative estimate of drug-likeness (QED) is 0.663. The Labute approximate surface area is 126 Å². The maximum atomic E-state index is 11.6. The number of nitrogens with one attached hydrogen (secondary N) is 1. The number of carbonyl (C=O) groups excluding carboxylic acids is 1. The molecular formula is C17H23NO3. The van der Waals surface area contributed by atoms with Crippen molar-refractivity contribution in [3.05, 3.63) is 47.5 Å². The number of carbonyl (C=O) groups is 1. The van der Waals surface area contributed by atoms with Crippen LogP contribution in [0.1, 0.15) is 38.7 Å². The molecule has 1 aromatic carbocycles. The molecule has 2 rings (SSSR count). The molecule has 1 amide bonds. The zero-order valence-electron chi connectivity index (χ0n) is 12.7. The van der Waals surface area contributed by atoms with Crippen LogP contribution in [0.4, 0.5) is 4.79 Å². The molecule has 1 aliphatic rings. The Morgan fingerprint density at radius 2 is 2.10 bits per heavy atom. The number of benzene rings is 1. The lowest BCUT2D eigenvalue weighted by atomic mass is 9.87. The van der Waals surface area contributed by atoms with Crippen molar-refractivity contribution in [2.45, 2.75) is 45.3 Å². The molecule has 1 aromatic rings. The number of rotatable bonds is 5. The van der Waals surface area contributed by atoms with Gasteiger partial charge in [-0.15, -0.1) is 0 Å². The van der Waals surface area contributed by atoms with E-state index in [0.717, 1.165) is 24.8 Å². The van der Waals surface area contributed by atoms with Gasteiger partial charge in [0.1, 0.15) is 13.3 Å². The molecule has 1 aliphatic carbocycles. The zero-order chi connectivity index (χ0) is 15.1. The Bertz CT molecular complexity index is 498. The van der Waals surface area contributed by atoms with Crippen LogP contribution in [0.3, 0.4) is 0 Å². The Balaban J connectivity index is 1.65. The zero-order valence-corrected chi connectivity index (χ0v) is 12.7. The van der Waals surface area contributed by atoms with Gasteiger partial charge in [0.05, 0.1) is 5.60 Å². The Morgan fingerprint density at radius 3 is 2.76 bits per heavy atom. The van der Waals surface area contributed by atoms with Crippen molar-refractivity contribution >= 4 is 6.09 Å². The predicted molar refractivity (Wildman–Crippen MR) is 81.7 cm³/mol. The highest BCUT2D eigenvalue weighted by atomic mass is 16.6. The van der Waals surface area contributed by atoms with Gasteiger partial charge in [-0.25, -0.2) is 4.79 Å².